The van der Waals surface area contributed by atoms with Crippen LogP contribution in [-0.2, 0) is 5.60 Å². The molecule has 0 bridgehead atoms. The molecule has 1 aromatic carbocycles. The Morgan fingerprint density at radius 3 is 2.62 bits per heavy atom. The summed E-state index contributed by atoms with van der Waals surface area (Å²) in [5, 5.41) is 11.4. The third kappa shape index (κ3) is 2.41. The summed E-state index contributed by atoms with van der Waals surface area (Å²) in [6.07, 6.45) is 3.93. The fraction of sp³-hybridized carbons (Fsp3) is 0.571. The van der Waals surface area contributed by atoms with E-state index in [9.17, 15) is 5.11 Å². The largest absolute Gasteiger partial charge is 0.385 e. The lowest BCUT2D eigenvalue weighted by Gasteiger charge is -2.42. The van der Waals surface area contributed by atoms with Crippen LogP contribution in [0.25, 0.3) is 0 Å². The molecule has 1 saturated carbocycles. The Bertz CT molecular complexity index is 386. The number of hydrogen-bond acceptors (Lipinski definition) is 1. The van der Waals surface area contributed by atoms with Crippen molar-refractivity contribution in [1.29, 1.82) is 0 Å². The lowest BCUT2D eigenvalue weighted by molar-refractivity contribution is -0.0440. The number of hydrogen-bond donors (Lipinski definition) is 1. The van der Waals surface area contributed by atoms with E-state index >= 15 is 0 Å². The van der Waals surface area contributed by atoms with Gasteiger partial charge in [0.05, 0.1) is 5.60 Å². The summed E-state index contributed by atoms with van der Waals surface area (Å²) in [4.78, 5) is 0. The van der Waals surface area contributed by atoms with Crippen molar-refractivity contribution in [1.82, 2.24) is 0 Å². The van der Waals surface area contributed by atoms with E-state index in [0.717, 1.165) is 24.8 Å². The number of benzene rings is 1. The minimum atomic E-state index is -0.688. The standard InChI is InChI=1S/C14H19ClO/c1-13(2)7-4-8-14(16,10-13)11-5-3-6-12(15)9-11/h3,5-6,9,16H,4,7-8,10H2,1-2H3. The lowest BCUT2D eigenvalue weighted by atomic mass is 9.67. The summed E-state index contributed by atoms with van der Waals surface area (Å²) in [7, 11) is 0. The molecule has 1 atom stereocenters. The van der Waals surface area contributed by atoms with Crippen LogP contribution in [0.4, 0.5) is 0 Å². The highest BCUT2D eigenvalue weighted by molar-refractivity contribution is 6.30. The molecule has 1 aliphatic rings. The third-order valence-electron chi connectivity index (χ3n) is 3.58. The first-order valence-electron chi connectivity index (χ1n) is 5.90. The normalized spacial score (nSPS) is 29.0. The van der Waals surface area contributed by atoms with Gasteiger partial charge in [0.25, 0.3) is 0 Å². The predicted octanol–water partition coefficient (Wildman–Crippen LogP) is 4.13. The zero-order valence-corrected chi connectivity index (χ0v) is 10.7. The molecule has 1 fully saturated rings. The van der Waals surface area contributed by atoms with Crippen molar-refractivity contribution in [2.24, 2.45) is 5.41 Å². The van der Waals surface area contributed by atoms with Crippen LogP contribution >= 0.6 is 11.6 Å². The summed E-state index contributed by atoms with van der Waals surface area (Å²) in [5.41, 5.74) is 0.495. The molecule has 0 heterocycles. The van der Waals surface area contributed by atoms with Gasteiger partial charge in [-0.2, -0.15) is 0 Å². The van der Waals surface area contributed by atoms with Crippen molar-refractivity contribution in [2.45, 2.75) is 45.1 Å². The third-order valence-corrected chi connectivity index (χ3v) is 3.81. The molecule has 0 aliphatic heterocycles. The number of halogens is 1. The van der Waals surface area contributed by atoms with Crippen LogP contribution in [0.15, 0.2) is 24.3 Å². The van der Waals surface area contributed by atoms with Crippen molar-refractivity contribution in [2.75, 3.05) is 0 Å². The fourth-order valence-corrected chi connectivity index (χ4v) is 3.04. The van der Waals surface area contributed by atoms with Crippen LogP contribution < -0.4 is 0 Å². The highest BCUT2D eigenvalue weighted by Gasteiger charge is 2.39. The second-order valence-corrected chi connectivity index (χ2v) is 6.17. The molecule has 0 aromatic heterocycles. The van der Waals surface area contributed by atoms with E-state index in [-0.39, 0.29) is 5.41 Å². The molecule has 1 aromatic rings. The average Bonchev–Trinajstić information content (AvgIpc) is 2.15. The first kappa shape index (κ1) is 11.9. The summed E-state index contributed by atoms with van der Waals surface area (Å²) in [6.45, 7) is 4.45. The molecule has 1 nitrogen and oxygen atoms in total. The van der Waals surface area contributed by atoms with E-state index in [1.165, 1.54) is 6.42 Å². The van der Waals surface area contributed by atoms with Gasteiger partial charge in [-0.25, -0.2) is 0 Å². The quantitative estimate of drug-likeness (QED) is 0.780. The Morgan fingerprint density at radius 2 is 2.00 bits per heavy atom. The zero-order chi connectivity index (χ0) is 11.8. The SMILES string of the molecule is CC1(C)CCCC(O)(c2cccc(Cl)c2)C1. The van der Waals surface area contributed by atoms with Gasteiger partial charge in [-0.1, -0.05) is 37.6 Å². The second kappa shape index (κ2) is 4.05. The molecule has 1 aliphatic carbocycles. The van der Waals surface area contributed by atoms with Gasteiger partial charge in [0.2, 0.25) is 0 Å². The molecule has 16 heavy (non-hydrogen) atoms. The summed E-state index contributed by atoms with van der Waals surface area (Å²) in [6, 6.07) is 7.63. The summed E-state index contributed by atoms with van der Waals surface area (Å²) in [5.74, 6) is 0. The van der Waals surface area contributed by atoms with Gasteiger partial charge >= 0.3 is 0 Å². The summed E-state index contributed by atoms with van der Waals surface area (Å²) >= 11 is 5.99. The highest BCUT2D eigenvalue weighted by atomic mass is 35.5. The van der Waals surface area contributed by atoms with Crippen LogP contribution in [0.2, 0.25) is 5.02 Å². The highest BCUT2D eigenvalue weighted by Crippen LogP contribution is 2.46. The van der Waals surface area contributed by atoms with Gasteiger partial charge in [-0.3, -0.25) is 0 Å². The van der Waals surface area contributed by atoms with E-state index in [2.05, 4.69) is 13.8 Å². The van der Waals surface area contributed by atoms with Crippen LogP contribution in [0, 0.1) is 5.41 Å². The van der Waals surface area contributed by atoms with Gasteiger partial charge < -0.3 is 5.11 Å². The molecular weight excluding hydrogens is 220 g/mol. The first-order chi connectivity index (χ1) is 7.41. The van der Waals surface area contributed by atoms with Gasteiger partial charge in [-0.15, -0.1) is 0 Å². The Labute approximate surface area is 102 Å². The van der Waals surface area contributed by atoms with Crippen LogP contribution in [0.1, 0.15) is 45.1 Å². The first-order valence-corrected chi connectivity index (χ1v) is 6.28. The Kier molecular flexibility index (Phi) is 3.02. The Balaban J connectivity index is 2.31. The van der Waals surface area contributed by atoms with E-state index in [1.54, 1.807) is 0 Å². The molecular formula is C14H19ClO. The topological polar surface area (TPSA) is 20.2 Å². The molecule has 1 N–H and O–H groups in total. The van der Waals surface area contributed by atoms with E-state index in [4.69, 9.17) is 11.6 Å². The molecule has 2 heteroatoms. The van der Waals surface area contributed by atoms with Gasteiger partial charge in [0.1, 0.15) is 0 Å². The van der Waals surface area contributed by atoms with E-state index < -0.39 is 5.60 Å². The van der Waals surface area contributed by atoms with Crippen LogP contribution in [0.5, 0.6) is 0 Å². The van der Waals surface area contributed by atoms with Crippen LogP contribution in [-0.4, -0.2) is 5.11 Å². The molecule has 1 unspecified atom stereocenters. The van der Waals surface area contributed by atoms with Gasteiger partial charge in [-0.05, 0) is 48.8 Å². The van der Waals surface area contributed by atoms with Crippen molar-refractivity contribution >= 4 is 11.6 Å². The Hall–Kier alpha value is -0.530. The Morgan fingerprint density at radius 1 is 1.25 bits per heavy atom. The monoisotopic (exact) mass is 238 g/mol. The zero-order valence-electron chi connectivity index (χ0n) is 9.96. The average molecular weight is 239 g/mol. The number of aliphatic hydroxyl groups is 1. The minimum Gasteiger partial charge on any atom is -0.385 e. The summed E-state index contributed by atoms with van der Waals surface area (Å²) < 4.78 is 0. The van der Waals surface area contributed by atoms with Crippen molar-refractivity contribution < 1.29 is 5.11 Å². The van der Waals surface area contributed by atoms with Crippen LogP contribution in [0.3, 0.4) is 0 Å². The maximum atomic E-state index is 10.7. The molecule has 2 rings (SSSR count). The minimum absolute atomic E-state index is 0.218. The van der Waals surface area contributed by atoms with E-state index in [1.807, 2.05) is 24.3 Å². The molecule has 0 amide bonds. The van der Waals surface area contributed by atoms with Gasteiger partial charge in [0.15, 0.2) is 0 Å². The smallest absolute Gasteiger partial charge is 0.0902 e. The lowest BCUT2D eigenvalue weighted by Crippen LogP contribution is -2.36. The van der Waals surface area contributed by atoms with E-state index in [0.29, 0.717) is 5.02 Å². The molecule has 0 saturated heterocycles. The second-order valence-electron chi connectivity index (χ2n) is 5.74. The van der Waals surface area contributed by atoms with Crippen molar-refractivity contribution in [3.05, 3.63) is 34.9 Å². The van der Waals surface area contributed by atoms with Crippen molar-refractivity contribution in [3.8, 4) is 0 Å². The maximum Gasteiger partial charge on any atom is 0.0902 e. The molecule has 0 radical (unpaired) electrons. The van der Waals surface area contributed by atoms with Crippen molar-refractivity contribution in [3.63, 3.8) is 0 Å². The molecule has 0 spiro atoms. The fourth-order valence-electron chi connectivity index (χ4n) is 2.85. The molecule has 88 valence electrons. The van der Waals surface area contributed by atoms with Gasteiger partial charge in [0, 0.05) is 5.02 Å². The maximum absolute atomic E-state index is 10.7. The number of rotatable bonds is 1. The predicted molar refractivity (Wildman–Crippen MR) is 67.6 cm³/mol.